The summed E-state index contributed by atoms with van der Waals surface area (Å²) in [6, 6.07) is 13.6. The zero-order chi connectivity index (χ0) is 25.2. The number of aromatic nitrogens is 2. The number of carbonyl (C=O) groups is 1. The zero-order valence-electron chi connectivity index (χ0n) is 18.7. The second kappa shape index (κ2) is 9.72. The van der Waals surface area contributed by atoms with Crippen LogP contribution in [0.25, 0.3) is 11.3 Å². The molecule has 1 amide bonds. The molecule has 2 aromatic heterocycles. The van der Waals surface area contributed by atoms with Crippen molar-refractivity contribution in [1.29, 1.82) is 0 Å². The van der Waals surface area contributed by atoms with Gasteiger partial charge in [0, 0.05) is 28.8 Å². The van der Waals surface area contributed by atoms with Gasteiger partial charge in [0.25, 0.3) is 11.6 Å². The molecular formula is C24H17ClN6O4S. The van der Waals surface area contributed by atoms with Crippen LogP contribution >= 0.6 is 22.9 Å². The highest BCUT2D eigenvalue weighted by atomic mass is 35.5. The Hall–Kier alpha value is -4.35. The number of amides is 1. The Morgan fingerprint density at radius 2 is 2.14 bits per heavy atom. The molecule has 0 radical (unpaired) electrons. The van der Waals surface area contributed by atoms with Gasteiger partial charge in [-0.05, 0) is 43.3 Å². The van der Waals surface area contributed by atoms with Gasteiger partial charge in [0.2, 0.25) is 4.80 Å². The van der Waals surface area contributed by atoms with Crippen molar-refractivity contribution in [3.05, 3.63) is 91.8 Å². The number of rotatable bonds is 5. The topological polar surface area (TPSA) is 124 Å². The van der Waals surface area contributed by atoms with Crippen molar-refractivity contribution in [1.82, 2.24) is 9.66 Å². The van der Waals surface area contributed by atoms with Crippen molar-refractivity contribution >= 4 is 51.6 Å². The van der Waals surface area contributed by atoms with Crippen LogP contribution in [0.2, 0.25) is 5.02 Å². The summed E-state index contributed by atoms with van der Waals surface area (Å²) in [7, 11) is 0. The maximum absolute atomic E-state index is 11.8. The van der Waals surface area contributed by atoms with Crippen molar-refractivity contribution in [2.24, 2.45) is 10.1 Å². The van der Waals surface area contributed by atoms with Crippen LogP contribution in [0.3, 0.4) is 0 Å². The van der Waals surface area contributed by atoms with Crippen LogP contribution in [0.1, 0.15) is 12.5 Å². The molecule has 0 fully saturated rings. The molecule has 5 rings (SSSR count). The average molecular weight is 521 g/mol. The first kappa shape index (κ1) is 23.4. The summed E-state index contributed by atoms with van der Waals surface area (Å²) < 4.78 is 7.12. The molecular weight excluding hydrogens is 504 g/mol. The number of nitrogens with zero attached hydrogens (tertiary/aromatic N) is 5. The van der Waals surface area contributed by atoms with Gasteiger partial charge in [0.1, 0.15) is 10.8 Å². The molecule has 10 nitrogen and oxygen atoms in total. The molecule has 180 valence electrons. The van der Waals surface area contributed by atoms with E-state index in [1.54, 1.807) is 48.3 Å². The maximum Gasteiger partial charge on any atom is 0.288 e. The van der Waals surface area contributed by atoms with Crippen LogP contribution in [0.15, 0.2) is 76.4 Å². The number of benzene rings is 2. The molecule has 2 aromatic carbocycles. The van der Waals surface area contributed by atoms with Gasteiger partial charge in [-0.25, -0.2) is 9.67 Å². The molecule has 0 unspecified atom stereocenters. The number of nitro benzene ring substituents is 1. The molecule has 36 heavy (non-hydrogen) atoms. The summed E-state index contributed by atoms with van der Waals surface area (Å²) in [6.07, 6.45) is 3.29. The van der Waals surface area contributed by atoms with E-state index >= 15 is 0 Å². The number of nitro groups is 1. The second-order valence-corrected chi connectivity index (χ2v) is 8.94. The number of anilines is 1. The van der Waals surface area contributed by atoms with Crippen molar-refractivity contribution in [3.63, 3.8) is 0 Å². The van der Waals surface area contributed by atoms with Gasteiger partial charge in [-0.15, -0.1) is 11.3 Å². The van der Waals surface area contributed by atoms with Crippen LogP contribution in [0.4, 0.5) is 17.1 Å². The molecule has 1 N–H and O–H groups in total. The van der Waals surface area contributed by atoms with E-state index in [2.05, 4.69) is 15.3 Å². The molecule has 0 bridgehead atoms. The standard InChI is InChI=1S/C24H17ClN6O4S/c1-14(15-4-6-18(25)20(10-15)31(33)34)29-30-21(13-36-24(30)27-17-3-2-8-26-11-17)16-5-7-22-19(9-16)28-23(32)12-35-22/h2-11,13H,12H2,1H3,(H,28,32). The Bertz CT molecular complexity index is 1600. The quantitative estimate of drug-likeness (QED) is 0.225. The minimum atomic E-state index is -0.533. The van der Waals surface area contributed by atoms with E-state index in [0.717, 1.165) is 5.56 Å². The highest BCUT2D eigenvalue weighted by molar-refractivity contribution is 7.07. The molecule has 0 saturated carbocycles. The van der Waals surface area contributed by atoms with Gasteiger partial charge < -0.3 is 10.1 Å². The Kier molecular flexibility index (Phi) is 6.32. The molecule has 0 atom stereocenters. The lowest BCUT2D eigenvalue weighted by molar-refractivity contribution is -0.384. The molecule has 0 aliphatic carbocycles. The van der Waals surface area contributed by atoms with Crippen LogP contribution in [-0.2, 0) is 4.79 Å². The Balaban J connectivity index is 1.66. The van der Waals surface area contributed by atoms with E-state index in [1.165, 1.54) is 23.5 Å². The number of halogens is 1. The monoisotopic (exact) mass is 520 g/mol. The van der Waals surface area contributed by atoms with Crippen LogP contribution in [0, 0.1) is 10.1 Å². The number of hydrogen-bond acceptors (Lipinski definition) is 8. The van der Waals surface area contributed by atoms with Crippen LogP contribution in [-0.4, -0.2) is 32.8 Å². The van der Waals surface area contributed by atoms with E-state index in [0.29, 0.717) is 38.9 Å². The largest absolute Gasteiger partial charge is 0.482 e. The van der Waals surface area contributed by atoms with Gasteiger partial charge in [-0.2, -0.15) is 5.10 Å². The minimum absolute atomic E-state index is 0.0321. The first-order valence-electron chi connectivity index (χ1n) is 10.6. The summed E-state index contributed by atoms with van der Waals surface area (Å²) in [5.41, 5.74) is 3.51. The molecule has 1 aliphatic heterocycles. The smallest absolute Gasteiger partial charge is 0.288 e. The lowest BCUT2D eigenvalue weighted by Gasteiger charge is -2.18. The predicted octanol–water partition coefficient (Wildman–Crippen LogP) is 5.01. The lowest BCUT2D eigenvalue weighted by Crippen LogP contribution is -2.25. The summed E-state index contributed by atoms with van der Waals surface area (Å²) in [5, 5.41) is 20.9. The van der Waals surface area contributed by atoms with Crippen molar-refractivity contribution < 1.29 is 14.5 Å². The number of nitrogens with one attached hydrogen (secondary N) is 1. The first-order valence-corrected chi connectivity index (χ1v) is 11.9. The summed E-state index contributed by atoms with van der Waals surface area (Å²) in [4.78, 5) is 32.0. The number of fused-ring (bicyclic) bond motifs is 1. The SMILES string of the molecule is CC(=Nn1c(-c2ccc3c(c2)NC(=O)CO3)csc1=Nc1cccnc1)c1ccc(Cl)c([N+](=O)[O-])c1. The van der Waals surface area contributed by atoms with Crippen LogP contribution in [0.5, 0.6) is 5.75 Å². The Morgan fingerprint density at radius 1 is 1.28 bits per heavy atom. The molecule has 4 aromatic rings. The molecule has 0 spiro atoms. The fourth-order valence-electron chi connectivity index (χ4n) is 3.53. The first-order chi connectivity index (χ1) is 17.4. The van der Waals surface area contributed by atoms with Crippen molar-refractivity contribution in [2.75, 3.05) is 11.9 Å². The van der Waals surface area contributed by atoms with E-state index < -0.39 is 4.92 Å². The van der Waals surface area contributed by atoms with Gasteiger partial charge in [-0.1, -0.05) is 17.7 Å². The molecule has 3 heterocycles. The zero-order valence-corrected chi connectivity index (χ0v) is 20.3. The van der Waals surface area contributed by atoms with Gasteiger partial charge in [0.15, 0.2) is 6.61 Å². The predicted molar refractivity (Wildman–Crippen MR) is 137 cm³/mol. The van der Waals surface area contributed by atoms with E-state index in [4.69, 9.17) is 21.4 Å². The summed E-state index contributed by atoms with van der Waals surface area (Å²) in [5.74, 6) is 0.344. The third-order valence-electron chi connectivity index (χ3n) is 5.27. The molecule has 0 saturated heterocycles. The third kappa shape index (κ3) is 4.74. The van der Waals surface area contributed by atoms with Gasteiger partial charge in [-0.3, -0.25) is 19.9 Å². The maximum atomic E-state index is 11.8. The molecule has 12 heteroatoms. The van der Waals surface area contributed by atoms with Crippen molar-refractivity contribution in [2.45, 2.75) is 6.92 Å². The normalized spacial score (nSPS) is 13.7. The highest BCUT2D eigenvalue weighted by Crippen LogP contribution is 2.33. The van der Waals surface area contributed by atoms with Crippen LogP contribution < -0.4 is 14.9 Å². The fraction of sp³-hybridized carbons (Fsp3) is 0.0833. The highest BCUT2D eigenvalue weighted by Gasteiger charge is 2.19. The Labute approximate surface area is 213 Å². The average Bonchev–Trinajstić information content (AvgIpc) is 3.26. The summed E-state index contributed by atoms with van der Waals surface area (Å²) in [6.45, 7) is 1.71. The summed E-state index contributed by atoms with van der Waals surface area (Å²) >= 11 is 7.35. The van der Waals surface area contributed by atoms with E-state index in [9.17, 15) is 14.9 Å². The number of ether oxygens (including phenoxy) is 1. The van der Waals surface area contributed by atoms with E-state index in [1.807, 2.05) is 17.5 Å². The minimum Gasteiger partial charge on any atom is -0.482 e. The number of thiazole rings is 1. The van der Waals surface area contributed by atoms with Gasteiger partial charge >= 0.3 is 0 Å². The fourth-order valence-corrected chi connectivity index (χ4v) is 4.57. The Morgan fingerprint density at radius 3 is 2.92 bits per heavy atom. The lowest BCUT2D eigenvalue weighted by atomic mass is 10.1. The third-order valence-corrected chi connectivity index (χ3v) is 6.41. The number of pyridine rings is 1. The number of carbonyl (C=O) groups excluding carboxylic acids is 1. The van der Waals surface area contributed by atoms with Gasteiger partial charge in [0.05, 0.1) is 33.9 Å². The van der Waals surface area contributed by atoms with E-state index in [-0.39, 0.29) is 23.2 Å². The second-order valence-electron chi connectivity index (χ2n) is 7.69. The molecule has 1 aliphatic rings. The number of hydrogen-bond donors (Lipinski definition) is 1. The van der Waals surface area contributed by atoms with Crippen molar-refractivity contribution in [3.8, 4) is 17.0 Å².